The number of aryl methyl sites for hydroxylation is 1. The number of hydrogen-bond donors (Lipinski definition) is 0. The summed E-state index contributed by atoms with van der Waals surface area (Å²) in [6.07, 6.45) is 3.84. The molecule has 0 radical (unpaired) electrons. The fraction of sp³-hybridized carbons (Fsp3) is 0.190. The molecule has 0 saturated carbocycles. The first-order valence-electron chi connectivity index (χ1n) is 9.08. The molecule has 7 heteroatoms. The van der Waals surface area contributed by atoms with Crippen LogP contribution in [-0.4, -0.2) is 36.1 Å². The first-order chi connectivity index (χ1) is 13.6. The molecule has 0 amide bonds. The lowest BCUT2D eigenvalue weighted by atomic mass is 10.1. The lowest BCUT2D eigenvalue weighted by Gasteiger charge is -2.16. The third-order valence-electron chi connectivity index (χ3n) is 4.56. The topological polar surface area (TPSA) is 43.8 Å². The van der Waals surface area contributed by atoms with E-state index in [0.29, 0.717) is 11.4 Å². The third kappa shape index (κ3) is 3.81. The Morgan fingerprint density at radius 3 is 2.32 bits per heavy atom. The Kier molecular flexibility index (Phi) is 5.18. The molecule has 0 atom stereocenters. The molecule has 4 aromatic rings. The fourth-order valence-corrected chi connectivity index (χ4v) is 3.32. The summed E-state index contributed by atoms with van der Waals surface area (Å²) in [7, 11) is 3.97. The van der Waals surface area contributed by atoms with Crippen LogP contribution < -0.4 is 0 Å². The van der Waals surface area contributed by atoms with Gasteiger partial charge in [-0.05, 0) is 31.4 Å². The molecule has 142 valence electrons. The summed E-state index contributed by atoms with van der Waals surface area (Å²) in [5.74, 6) is 0. The SMILES string of the molecule is CN(Cc1cn(-c2ccccc2)nc1-c1ccccc1)Cn1ncn(C)c1=S. The third-order valence-corrected chi connectivity index (χ3v) is 5.06. The van der Waals surface area contributed by atoms with Crippen molar-refractivity contribution in [2.75, 3.05) is 7.05 Å². The van der Waals surface area contributed by atoms with Gasteiger partial charge in [0.05, 0.1) is 18.1 Å². The highest BCUT2D eigenvalue weighted by molar-refractivity contribution is 7.71. The molecule has 6 nitrogen and oxygen atoms in total. The number of hydrogen-bond acceptors (Lipinski definition) is 4. The van der Waals surface area contributed by atoms with E-state index in [1.807, 2.05) is 57.4 Å². The molecule has 2 aromatic heterocycles. The fourth-order valence-electron chi connectivity index (χ4n) is 3.16. The second kappa shape index (κ2) is 7.92. The maximum absolute atomic E-state index is 5.40. The normalized spacial score (nSPS) is 11.2. The summed E-state index contributed by atoms with van der Waals surface area (Å²) < 4.78 is 6.30. The number of aromatic nitrogens is 5. The van der Waals surface area contributed by atoms with Gasteiger partial charge in [-0.15, -0.1) is 0 Å². The van der Waals surface area contributed by atoms with Gasteiger partial charge in [0.25, 0.3) is 0 Å². The lowest BCUT2D eigenvalue weighted by molar-refractivity contribution is 0.244. The van der Waals surface area contributed by atoms with E-state index >= 15 is 0 Å². The highest BCUT2D eigenvalue weighted by Gasteiger charge is 2.14. The van der Waals surface area contributed by atoms with E-state index in [-0.39, 0.29) is 0 Å². The van der Waals surface area contributed by atoms with Gasteiger partial charge in [-0.2, -0.15) is 10.2 Å². The summed E-state index contributed by atoms with van der Waals surface area (Å²) in [5.41, 5.74) is 4.29. The minimum absolute atomic E-state index is 0.615. The Bertz CT molecular complexity index is 1110. The maximum atomic E-state index is 5.40. The second-order valence-electron chi connectivity index (χ2n) is 6.83. The van der Waals surface area contributed by atoms with Crippen LogP contribution in [0.2, 0.25) is 0 Å². The van der Waals surface area contributed by atoms with Gasteiger partial charge in [-0.3, -0.25) is 4.90 Å². The summed E-state index contributed by atoms with van der Waals surface area (Å²) >= 11 is 5.40. The molecule has 0 aliphatic heterocycles. The Morgan fingerprint density at radius 2 is 1.68 bits per heavy atom. The predicted octanol–water partition coefficient (Wildman–Crippen LogP) is 3.89. The van der Waals surface area contributed by atoms with Crippen molar-refractivity contribution in [2.45, 2.75) is 13.2 Å². The molecule has 2 heterocycles. The van der Waals surface area contributed by atoms with Gasteiger partial charge >= 0.3 is 0 Å². The first kappa shape index (κ1) is 18.3. The van der Waals surface area contributed by atoms with Crippen molar-refractivity contribution >= 4 is 12.2 Å². The Balaban J connectivity index is 1.65. The molecule has 4 rings (SSSR count). The van der Waals surface area contributed by atoms with Gasteiger partial charge < -0.3 is 4.57 Å². The van der Waals surface area contributed by atoms with E-state index in [4.69, 9.17) is 17.3 Å². The van der Waals surface area contributed by atoms with Crippen LogP contribution in [0.15, 0.2) is 73.2 Å². The number of rotatable bonds is 6. The van der Waals surface area contributed by atoms with E-state index in [1.54, 1.807) is 6.33 Å². The smallest absolute Gasteiger partial charge is 0.198 e. The lowest BCUT2D eigenvalue weighted by Crippen LogP contribution is -2.22. The van der Waals surface area contributed by atoms with Gasteiger partial charge in [0.1, 0.15) is 6.33 Å². The van der Waals surface area contributed by atoms with Crippen LogP contribution in [0.3, 0.4) is 0 Å². The van der Waals surface area contributed by atoms with Gasteiger partial charge in [-0.25, -0.2) is 9.36 Å². The average molecular weight is 391 g/mol. The van der Waals surface area contributed by atoms with Crippen LogP contribution in [0.25, 0.3) is 16.9 Å². The van der Waals surface area contributed by atoms with Gasteiger partial charge in [0.15, 0.2) is 4.77 Å². The summed E-state index contributed by atoms with van der Waals surface area (Å²) in [6, 6.07) is 20.5. The second-order valence-corrected chi connectivity index (χ2v) is 7.19. The van der Waals surface area contributed by atoms with Crippen molar-refractivity contribution in [3.05, 3.63) is 83.5 Å². The molecule has 0 aliphatic carbocycles. The molecule has 2 aromatic carbocycles. The van der Waals surface area contributed by atoms with Crippen molar-refractivity contribution in [3.8, 4) is 16.9 Å². The maximum Gasteiger partial charge on any atom is 0.198 e. The molecular formula is C21H22N6S. The van der Waals surface area contributed by atoms with Crippen molar-refractivity contribution in [2.24, 2.45) is 7.05 Å². The van der Waals surface area contributed by atoms with E-state index in [0.717, 1.165) is 29.1 Å². The Morgan fingerprint density at radius 1 is 1.00 bits per heavy atom. The molecule has 0 unspecified atom stereocenters. The summed E-state index contributed by atoms with van der Waals surface area (Å²) in [4.78, 5) is 2.18. The average Bonchev–Trinajstić information content (AvgIpc) is 3.28. The van der Waals surface area contributed by atoms with Crippen LogP contribution in [-0.2, 0) is 20.3 Å². The Labute approximate surface area is 169 Å². The number of para-hydroxylation sites is 1. The molecule has 0 aliphatic rings. The van der Waals surface area contributed by atoms with Gasteiger partial charge in [-0.1, -0.05) is 48.5 Å². The largest absolute Gasteiger partial charge is 0.310 e. The quantitative estimate of drug-likeness (QED) is 0.469. The highest BCUT2D eigenvalue weighted by Crippen LogP contribution is 2.24. The van der Waals surface area contributed by atoms with Crippen LogP contribution in [0.5, 0.6) is 0 Å². The van der Waals surface area contributed by atoms with Crippen molar-refractivity contribution in [1.82, 2.24) is 29.0 Å². The predicted molar refractivity (Wildman–Crippen MR) is 112 cm³/mol. The zero-order chi connectivity index (χ0) is 19.5. The van der Waals surface area contributed by atoms with Crippen molar-refractivity contribution in [3.63, 3.8) is 0 Å². The van der Waals surface area contributed by atoms with Crippen molar-refractivity contribution in [1.29, 1.82) is 0 Å². The van der Waals surface area contributed by atoms with Crippen LogP contribution in [0, 0.1) is 4.77 Å². The standard InChI is InChI=1S/C21H22N6S/c1-24(16-27-21(28)25(2)15-22-27)13-18-14-26(19-11-7-4-8-12-19)23-20(18)17-9-5-3-6-10-17/h3-12,14-15H,13,16H2,1-2H3. The monoisotopic (exact) mass is 390 g/mol. The Hall–Kier alpha value is -3.03. The molecule has 0 saturated heterocycles. The van der Waals surface area contributed by atoms with Gasteiger partial charge in [0, 0.05) is 30.9 Å². The molecular weight excluding hydrogens is 368 g/mol. The number of benzene rings is 2. The van der Waals surface area contributed by atoms with E-state index in [2.05, 4.69) is 47.5 Å². The van der Waals surface area contributed by atoms with Crippen LogP contribution in [0.4, 0.5) is 0 Å². The highest BCUT2D eigenvalue weighted by atomic mass is 32.1. The van der Waals surface area contributed by atoms with Crippen molar-refractivity contribution < 1.29 is 0 Å². The molecule has 28 heavy (non-hydrogen) atoms. The zero-order valence-corrected chi connectivity index (χ0v) is 16.8. The number of nitrogens with zero attached hydrogens (tertiary/aromatic N) is 6. The molecule has 0 N–H and O–H groups in total. The zero-order valence-electron chi connectivity index (χ0n) is 15.9. The minimum atomic E-state index is 0.615. The first-order valence-corrected chi connectivity index (χ1v) is 9.49. The minimum Gasteiger partial charge on any atom is -0.310 e. The summed E-state index contributed by atoms with van der Waals surface area (Å²) in [6.45, 7) is 1.35. The molecule has 0 bridgehead atoms. The molecule has 0 fully saturated rings. The van der Waals surface area contributed by atoms with Gasteiger partial charge in [0.2, 0.25) is 0 Å². The van der Waals surface area contributed by atoms with E-state index in [9.17, 15) is 0 Å². The summed E-state index contributed by atoms with van der Waals surface area (Å²) in [5, 5.41) is 9.22. The van der Waals surface area contributed by atoms with Crippen LogP contribution >= 0.6 is 12.2 Å². The van der Waals surface area contributed by atoms with E-state index in [1.165, 1.54) is 0 Å². The molecule has 0 spiro atoms. The van der Waals surface area contributed by atoms with E-state index < -0.39 is 0 Å². The van der Waals surface area contributed by atoms with Crippen LogP contribution in [0.1, 0.15) is 5.56 Å².